The van der Waals surface area contributed by atoms with Crippen LogP contribution < -0.4 is 31.3 Å². The lowest BCUT2D eigenvalue weighted by atomic mass is 10.2. The number of hydrogen-bond acceptors (Lipinski definition) is 5. The van der Waals surface area contributed by atoms with E-state index in [0.29, 0.717) is 42.3 Å². The van der Waals surface area contributed by atoms with Gasteiger partial charge in [0.05, 0.1) is 28.2 Å². The summed E-state index contributed by atoms with van der Waals surface area (Å²) in [6.45, 7) is 0. The largest absolute Gasteiger partial charge is 0.378 e. The van der Waals surface area contributed by atoms with Gasteiger partial charge in [-0.3, -0.25) is 10.4 Å². The highest BCUT2D eigenvalue weighted by Gasteiger charge is 2.12. The summed E-state index contributed by atoms with van der Waals surface area (Å²) in [5, 5.41) is 13.8. The Morgan fingerprint density at radius 2 is 1.20 bits per heavy atom. The molecule has 206 valence electrons. The lowest BCUT2D eigenvalue weighted by Gasteiger charge is -2.24. The standard InChI is InChI=1S/C28H24Cl4N6S2/c1-37(2)24-5-3-21(4-6-24)33-26-8-7-25(38(16-39)36-23-13-19(31)10-20(32)14-23)15-27(26)35-28(40)34-22-11-17(29)9-18(30)12-22/h3-16,33,36H,1-2H3,(H2,34,35,40). The number of rotatable bonds is 9. The zero-order valence-corrected chi connectivity index (χ0v) is 26.0. The van der Waals surface area contributed by atoms with Crippen molar-refractivity contribution in [2.24, 2.45) is 0 Å². The minimum absolute atomic E-state index is 0.338. The molecule has 0 bridgehead atoms. The fourth-order valence-electron chi connectivity index (χ4n) is 3.71. The van der Waals surface area contributed by atoms with Crippen molar-refractivity contribution < 1.29 is 0 Å². The lowest BCUT2D eigenvalue weighted by molar-refractivity contribution is 1.13. The van der Waals surface area contributed by atoms with Crippen LogP contribution in [0.2, 0.25) is 20.1 Å². The van der Waals surface area contributed by atoms with Gasteiger partial charge in [-0.2, -0.15) is 0 Å². The second kappa shape index (κ2) is 13.6. The van der Waals surface area contributed by atoms with Gasteiger partial charge in [-0.1, -0.05) is 58.6 Å². The van der Waals surface area contributed by atoms with Gasteiger partial charge in [0, 0.05) is 51.2 Å². The summed E-state index contributed by atoms with van der Waals surface area (Å²) < 4.78 is 0. The van der Waals surface area contributed by atoms with Crippen molar-refractivity contribution in [3.05, 3.63) is 99.0 Å². The van der Waals surface area contributed by atoms with Gasteiger partial charge < -0.3 is 20.9 Å². The fraction of sp³-hybridized carbons (Fsp3) is 0.0714. The number of nitrogens with zero attached hydrogens (tertiary/aromatic N) is 2. The molecular weight excluding hydrogens is 626 g/mol. The number of hydrazine groups is 1. The van der Waals surface area contributed by atoms with Crippen molar-refractivity contribution >= 4 is 121 Å². The number of halogens is 4. The van der Waals surface area contributed by atoms with Crippen molar-refractivity contribution in [3.63, 3.8) is 0 Å². The predicted molar refractivity (Wildman–Crippen MR) is 183 cm³/mol. The van der Waals surface area contributed by atoms with E-state index in [1.54, 1.807) is 41.4 Å². The van der Waals surface area contributed by atoms with E-state index < -0.39 is 0 Å². The van der Waals surface area contributed by atoms with Crippen molar-refractivity contribution in [2.75, 3.05) is 45.4 Å². The minimum atomic E-state index is 0.338. The Kier molecular flexibility index (Phi) is 10.2. The molecule has 40 heavy (non-hydrogen) atoms. The van der Waals surface area contributed by atoms with Crippen LogP contribution in [0.3, 0.4) is 0 Å². The summed E-state index contributed by atoms with van der Waals surface area (Å²) in [4.78, 5) is 2.04. The zero-order valence-electron chi connectivity index (χ0n) is 21.3. The first-order valence-electron chi connectivity index (χ1n) is 11.8. The highest BCUT2D eigenvalue weighted by molar-refractivity contribution is 7.80. The van der Waals surface area contributed by atoms with Crippen LogP contribution in [0.5, 0.6) is 0 Å². The van der Waals surface area contributed by atoms with Gasteiger partial charge >= 0.3 is 0 Å². The van der Waals surface area contributed by atoms with Gasteiger partial charge in [0.1, 0.15) is 0 Å². The fourth-order valence-corrected chi connectivity index (χ4v) is 5.17. The van der Waals surface area contributed by atoms with Crippen molar-refractivity contribution in [1.82, 2.24) is 0 Å². The van der Waals surface area contributed by atoms with Crippen LogP contribution in [0.4, 0.5) is 39.8 Å². The molecule has 0 heterocycles. The van der Waals surface area contributed by atoms with Gasteiger partial charge in [0.15, 0.2) is 5.11 Å². The molecule has 6 nitrogen and oxygen atoms in total. The quantitative estimate of drug-likeness (QED) is 0.106. The third-order valence-corrected chi connectivity index (χ3v) is 6.82. The molecule has 4 rings (SSSR count). The molecule has 0 aliphatic heterocycles. The molecule has 0 radical (unpaired) electrons. The molecular formula is C28H24Cl4N6S2. The summed E-state index contributed by atoms with van der Waals surface area (Å²) in [6, 6.07) is 24.1. The van der Waals surface area contributed by atoms with E-state index in [-0.39, 0.29) is 0 Å². The lowest BCUT2D eigenvalue weighted by Crippen LogP contribution is -2.27. The summed E-state index contributed by atoms with van der Waals surface area (Å²) in [7, 11) is 4.00. The predicted octanol–water partition coefficient (Wildman–Crippen LogP) is 9.71. The topological polar surface area (TPSA) is 54.6 Å². The van der Waals surface area contributed by atoms with E-state index in [1.165, 1.54) is 5.49 Å². The first kappa shape index (κ1) is 30.0. The van der Waals surface area contributed by atoms with Crippen molar-refractivity contribution in [1.29, 1.82) is 0 Å². The van der Waals surface area contributed by atoms with Crippen LogP contribution in [-0.2, 0) is 0 Å². The summed E-state index contributed by atoms with van der Waals surface area (Å²) in [6.07, 6.45) is 0. The van der Waals surface area contributed by atoms with Crippen LogP contribution in [-0.4, -0.2) is 24.7 Å². The van der Waals surface area contributed by atoms with Crippen LogP contribution in [0.15, 0.2) is 78.9 Å². The van der Waals surface area contributed by atoms with Crippen LogP contribution in [0.25, 0.3) is 0 Å². The Hall–Kier alpha value is -2.98. The SMILES string of the molecule is CN(C)c1ccc(Nc2ccc(N(C=S)Nc3cc(Cl)cc(Cl)c3)cc2NC(=S)Nc2cc(Cl)cc(Cl)c2)cc1. The van der Waals surface area contributed by atoms with Gasteiger partial charge in [0.25, 0.3) is 0 Å². The Balaban J connectivity index is 1.64. The Bertz CT molecular complexity index is 1490. The minimum Gasteiger partial charge on any atom is -0.378 e. The Morgan fingerprint density at radius 1 is 0.650 bits per heavy atom. The third kappa shape index (κ3) is 8.27. The summed E-state index contributed by atoms with van der Waals surface area (Å²) in [5.74, 6) is 0. The molecule has 4 N–H and O–H groups in total. The first-order valence-corrected chi connectivity index (χ1v) is 14.2. The highest BCUT2D eigenvalue weighted by Crippen LogP contribution is 2.32. The number of nitrogens with one attached hydrogen (secondary N) is 4. The normalized spacial score (nSPS) is 10.4. The maximum Gasteiger partial charge on any atom is 0.175 e. The molecule has 4 aromatic rings. The molecule has 0 aromatic heterocycles. The molecule has 0 aliphatic carbocycles. The number of benzene rings is 4. The van der Waals surface area contributed by atoms with E-state index in [0.717, 1.165) is 22.7 Å². The molecule has 12 heteroatoms. The average Bonchev–Trinajstić information content (AvgIpc) is 2.87. The van der Waals surface area contributed by atoms with Crippen molar-refractivity contribution in [3.8, 4) is 0 Å². The molecule has 0 saturated carbocycles. The second-order valence-electron chi connectivity index (χ2n) is 8.78. The van der Waals surface area contributed by atoms with Gasteiger partial charge in [-0.25, -0.2) is 0 Å². The van der Waals surface area contributed by atoms with Gasteiger partial charge in [-0.05, 0) is 91.1 Å². The second-order valence-corrected chi connectivity index (χ2v) is 11.1. The van der Waals surface area contributed by atoms with E-state index in [1.807, 2.05) is 61.5 Å². The van der Waals surface area contributed by atoms with Gasteiger partial charge in [0.2, 0.25) is 0 Å². The highest BCUT2D eigenvalue weighted by atomic mass is 35.5. The van der Waals surface area contributed by atoms with Crippen molar-refractivity contribution in [2.45, 2.75) is 0 Å². The number of hydrogen-bond donors (Lipinski definition) is 4. The average molecular weight is 650 g/mol. The molecule has 0 fully saturated rings. The molecule has 4 aromatic carbocycles. The number of anilines is 7. The Labute approximate surface area is 264 Å². The van der Waals surface area contributed by atoms with Crippen LogP contribution in [0, 0.1) is 0 Å². The van der Waals surface area contributed by atoms with E-state index >= 15 is 0 Å². The summed E-state index contributed by atoms with van der Waals surface area (Å²) >= 11 is 35.6. The molecule has 0 atom stereocenters. The first-order chi connectivity index (χ1) is 19.1. The summed E-state index contributed by atoms with van der Waals surface area (Å²) in [5.41, 5.74) is 10.2. The zero-order chi connectivity index (χ0) is 28.8. The molecule has 0 saturated heterocycles. The van der Waals surface area contributed by atoms with E-state index in [4.69, 9.17) is 70.8 Å². The monoisotopic (exact) mass is 648 g/mol. The molecule has 0 spiro atoms. The maximum absolute atomic E-state index is 6.18. The number of thiocarbonyl (C=S) groups is 2. The van der Waals surface area contributed by atoms with E-state index in [2.05, 4.69) is 21.4 Å². The molecule has 0 aliphatic rings. The molecule has 0 amide bonds. The maximum atomic E-state index is 6.18. The van der Waals surface area contributed by atoms with Crippen LogP contribution >= 0.6 is 70.8 Å². The third-order valence-electron chi connectivity index (χ3n) is 5.53. The van der Waals surface area contributed by atoms with Crippen LogP contribution in [0.1, 0.15) is 0 Å². The smallest absolute Gasteiger partial charge is 0.175 e. The molecule has 0 unspecified atom stereocenters. The Morgan fingerprint density at radius 3 is 1.75 bits per heavy atom. The van der Waals surface area contributed by atoms with Gasteiger partial charge in [-0.15, -0.1) is 0 Å². The van der Waals surface area contributed by atoms with E-state index in [9.17, 15) is 0 Å².